The maximum atomic E-state index is 5.59. The van der Waals surface area contributed by atoms with Crippen molar-refractivity contribution in [1.82, 2.24) is 4.90 Å². The SMILES string of the molecule is COc1cc2c(c(OC)c1OC)CN(CCCN)CC2. The molecule has 0 aliphatic carbocycles. The minimum absolute atomic E-state index is 0.675. The molecule has 5 heteroatoms. The highest BCUT2D eigenvalue weighted by Gasteiger charge is 2.25. The van der Waals surface area contributed by atoms with Crippen molar-refractivity contribution in [2.45, 2.75) is 19.4 Å². The second-order valence-corrected chi connectivity index (χ2v) is 4.95. The number of rotatable bonds is 6. The Bertz CT molecular complexity index is 463. The topological polar surface area (TPSA) is 57.0 Å². The van der Waals surface area contributed by atoms with Gasteiger partial charge in [0, 0.05) is 18.7 Å². The highest BCUT2D eigenvalue weighted by Crippen LogP contribution is 2.43. The smallest absolute Gasteiger partial charge is 0.203 e. The van der Waals surface area contributed by atoms with Gasteiger partial charge in [-0.3, -0.25) is 4.90 Å². The van der Waals surface area contributed by atoms with Crippen molar-refractivity contribution in [2.24, 2.45) is 5.73 Å². The molecule has 1 heterocycles. The average Bonchev–Trinajstić information content (AvgIpc) is 2.50. The molecule has 2 N–H and O–H groups in total. The van der Waals surface area contributed by atoms with Gasteiger partial charge in [0.25, 0.3) is 0 Å². The lowest BCUT2D eigenvalue weighted by atomic mass is 9.97. The third kappa shape index (κ3) is 2.83. The van der Waals surface area contributed by atoms with E-state index < -0.39 is 0 Å². The van der Waals surface area contributed by atoms with Crippen LogP contribution in [0.2, 0.25) is 0 Å². The van der Waals surface area contributed by atoms with Crippen molar-refractivity contribution >= 4 is 0 Å². The standard InChI is InChI=1S/C15H24N2O3/c1-18-13-9-11-5-8-17(7-4-6-16)10-12(11)14(19-2)15(13)20-3/h9H,4-8,10,16H2,1-3H3. The van der Waals surface area contributed by atoms with E-state index in [4.69, 9.17) is 19.9 Å². The van der Waals surface area contributed by atoms with E-state index in [0.717, 1.165) is 50.5 Å². The van der Waals surface area contributed by atoms with Crippen molar-refractivity contribution in [1.29, 1.82) is 0 Å². The molecular formula is C15H24N2O3. The van der Waals surface area contributed by atoms with Crippen LogP contribution in [0, 0.1) is 0 Å². The van der Waals surface area contributed by atoms with Crippen molar-refractivity contribution in [3.8, 4) is 17.2 Å². The van der Waals surface area contributed by atoms with Crippen LogP contribution in [0.4, 0.5) is 0 Å². The van der Waals surface area contributed by atoms with Crippen molar-refractivity contribution in [2.75, 3.05) is 41.0 Å². The van der Waals surface area contributed by atoms with E-state index in [0.29, 0.717) is 5.75 Å². The van der Waals surface area contributed by atoms with Crippen molar-refractivity contribution < 1.29 is 14.2 Å². The third-order valence-electron chi connectivity index (χ3n) is 3.78. The van der Waals surface area contributed by atoms with Crippen LogP contribution in [0.1, 0.15) is 17.5 Å². The monoisotopic (exact) mass is 280 g/mol. The largest absolute Gasteiger partial charge is 0.493 e. The van der Waals surface area contributed by atoms with Crippen LogP contribution in [-0.2, 0) is 13.0 Å². The summed E-state index contributed by atoms with van der Waals surface area (Å²) in [6.07, 6.45) is 2.02. The third-order valence-corrected chi connectivity index (χ3v) is 3.78. The zero-order chi connectivity index (χ0) is 14.5. The molecule has 1 aromatic carbocycles. The van der Waals surface area contributed by atoms with Crippen LogP contribution in [0.15, 0.2) is 6.07 Å². The molecule has 0 spiro atoms. The number of methoxy groups -OCH3 is 3. The van der Waals surface area contributed by atoms with E-state index in [1.165, 1.54) is 11.1 Å². The lowest BCUT2D eigenvalue weighted by molar-refractivity contribution is 0.243. The molecule has 0 unspecified atom stereocenters. The summed E-state index contributed by atoms with van der Waals surface area (Å²) in [5.41, 5.74) is 8.08. The van der Waals surface area contributed by atoms with Gasteiger partial charge in [0.1, 0.15) is 0 Å². The highest BCUT2D eigenvalue weighted by atomic mass is 16.5. The summed E-state index contributed by atoms with van der Waals surface area (Å²) in [5, 5.41) is 0. The Balaban J connectivity index is 2.34. The summed E-state index contributed by atoms with van der Waals surface area (Å²) in [6, 6.07) is 2.07. The van der Waals surface area contributed by atoms with E-state index in [1.807, 2.05) is 0 Å². The Morgan fingerprint density at radius 1 is 1.15 bits per heavy atom. The Morgan fingerprint density at radius 2 is 1.90 bits per heavy atom. The zero-order valence-electron chi connectivity index (χ0n) is 12.6. The predicted molar refractivity (Wildman–Crippen MR) is 78.8 cm³/mol. The molecule has 0 bridgehead atoms. The van der Waals surface area contributed by atoms with Gasteiger partial charge in [-0.25, -0.2) is 0 Å². The number of benzene rings is 1. The quantitative estimate of drug-likeness (QED) is 0.854. The first-order valence-corrected chi connectivity index (χ1v) is 6.98. The van der Waals surface area contributed by atoms with Gasteiger partial charge in [-0.2, -0.15) is 0 Å². The van der Waals surface area contributed by atoms with Crippen LogP contribution in [0.5, 0.6) is 17.2 Å². The van der Waals surface area contributed by atoms with Gasteiger partial charge in [-0.05, 0) is 37.6 Å². The molecule has 2 rings (SSSR count). The first-order chi connectivity index (χ1) is 9.74. The molecule has 20 heavy (non-hydrogen) atoms. The van der Waals surface area contributed by atoms with Crippen LogP contribution in [-0.4, -0.2) is 45.9 Å². The summed E-state index contributed by atoms with van der Waals surface area (Å²) in [7, 11) is 4.97. The Kier molecular flexibility index (Phi) is 5.09. The van der Waals surface area contributed by atoms with E-state index >= 15 is 0 Å². The summed E-state index contributed by atoms with van der Waals surface area (Å²) < 4.78 is 16.4. The molecule has 0 amide bonds. The molecule has 0 fully saturated rings. The summed E-state index contributed by atoms with van der Waals surface area (Å²) in [4.78, 5) is 2.41. The molecule has 0 atom stereocenters. The van der Waals surface area contributed by atoms with Crippen LogP contribution in [0.25, 0.3) is 0 Å². The lowest BCUT2D eigenvalue weighted by Crippen LogP contribution is -2.32. The summed E-state index contributed by atoms with van der Waals surface area (Å²) in [5.74, 6) is 2.20. The second-order valence-electron chi connectivity index (χ2n) is 4.95. The molecule has 0 aromatic heterocycles. The molecule has 112 valence electrons. The normalized spacial score (nSPS) is 14.8. The fraction of sp³-hybridized carbons (Fsp3) is 0.600. The van der Waals surface area contributed by atoms with Crippen LogP contribution in [0.3, 0.4) is 0 Å². The highest BCUT2D eigenvalue weighted by molar-refractivity contribution is 5.59. The maximum absolute atomic E-state index is 5.59. The fourth-order valence-electron chi connectivity index (χ4n) is 2.75. The molecule has 5 nitrogen and oxygen atoms in total. The number of fused-ring (bicyclic) bond motifs is 1. The zero-order valence-corrected chi connectivity index (χ0v) is 12.6. The molecular weight excluding hydrogens is 256 g/mol. The molecule has 1 aromatic rings. The Labute approximate surface area is 120 Å². The minimum atomic E-state index is 0.675. The Hall–Kier alpha value is -1.46. The van der Waals surface area contributed by atoms with Gasteiger partial charge in [0.15, 0.2) is 11.5 Å². The van der Waals surface area contributed by atoms with E-state index in [-0.39, 0.29) is 0 Å². The van der Waals surface area contributed by atoms with Gasteiger partial charge in [-0.1, -0.05) is 0 Å². The number of nitrogens with zero attached hydrogens (tertiary/aromatic N) is 1. The van der Waals surface area contributed by atoms with E-state index in [2.05, 4.69) is 11.0 Å². The van der Waals surface area contributed by atoms with Gasteiger partial charge in [-0.15, -0.1) is 0 Å². The Morgan fingerprint density at radius 3 is 2.50 bits per heavy atom. The van der Waals surface area contributed by atoms with Crippen LogP contribution < -0.4 is 19.9 Å². The van der Waals surface area contributed by atoms with Crippen LogP contribution >= 0.6 is 0 Å². The van der Waals surface area contributed by atoms with Gasteiger partial charge in [0.05, 0.1) is 21.3 Å². The molecule has 0 saturated heterocycles. The summed E-state index contributed by atoms with van der Waals surface area (Å²) >= 11 is 0. The predicted octanol–water partition coefficient (Wildman–Crippen LogP) is 1.42. The van der Waals surface area contributed by atoms with Gasteiger partial charge < -0.3 is 19.9 Å². The number of hydrogen-bond acceptors (Lipinski definition) is 5. The van der Waals surface area contributed by atoms with Crippen molar-refractivity contribution in [3.63, 3.8) is 0 Å². The minimum Gasteiger partial charge on any atom is -0.493 e. The van der Waals surface area contributed by atoms with E-state index in [1.54, 1.807) is 21.3 Å². The van der Waals surface area contributed by atoms with E-state index in [9.17, 15) is 0 Å². The van der Waals surface area contributed by atoms with Crippen molar-refractivity contribution in [3.05, 3.63) is 17.2 Å². The molecule has 0 radical (unpaired) electrons. The molecule has 1 aliphatic rings. The first-order valence-electron chi connectivity index (χ1n) is 6.98. The fourth-order valence-corrected chi connectivity index (χ4v) is 2.75. The molecule has 1 aliphatic heterocycles. The maximum Gasteiger partial charge on any atom is 0.203 e. The first kappa shape index (κ1) is 14.9. The number of hydrogen-bond donors (Lipinski definition) is 1. The summed E-state index contributed by atoms with van der Waals surface area (Å²) in [6.45, 7) is 3.67. The number of ether oxygens (including phenoxy) is 3. The second kappa shape index (κ2) is 6.81. The van der Waals surface area contributed by atoms with Gasteiger partial charge in [0.2, 0.25) is 5.75 Å². The average molecular weight is 280 g/mol. The van der Waals surface area contributed by atoms with Gasteiger partial charge >= 0.3 is 0 Å². The number of nitrogens with two attached hydrogens (primary N) is 1. The molecule has 0 saturated carbocycles. The lowest BCUT2D eigenvalue weighted by Gasteiger charge is -2.30.